The lowest BCUT2D eigenvalue weighted by Gasteiger charge is -2.09. The number of carbonyl (C=O) groups is 1. The molecule has 0 unspecified atom stereocenters. The molecule has 0 spiro atoms. The smallest absolute Gasteiger partial charge is 0.275 e. The van der Waals surface area contributed by atoms with Crippen LogP contribution in [0.5, 0.6) is 0 Å². The Labute approximate surface area is 131 Å². The SMILES string of the molecule is CCn1nc(C)c(Cl)c1C(=O)Nc1ccc(Cl)cc1Cl. The minimum absolute atomic E-state index is 0.317. The van der Waals surface area contributed by atoms with Crippen molar-refractivity contribution in [3.05, 3.63) is 44.7 Å². The number of nitrogens with zero attached hydrogens (tertiary/aromatic N) is 2. The maximum absolute atomic E-state index is 12.3. The predicted molar refractivity (Wildman–Crippen MR) is 82.1 cm³/mol. The molecule has 4 nitrogen and oxygen atoms in total. The van der Waals surface area contributed by atoms with Gasteiger partial charge in [-0.25, -0.2) is 0 Å². The fourth-order valence-corrected chi connectivity index (χ4v) is 2.45. The Balaban J connectivity index is 2.33. The van der Waals surface area contributed by atoms with E-state index in [-0.39, 0.29) is 5.91 Å². The van der Waals surface area contributed by atoms with Crippen molar-refractivity contribution >= 4 is 46.4 Å². The van der Waals surface area contributed by atoms with E-state index in [1.54, 1.807) is 29.8 Å². The molecule has 0 atom stereocenters. The molecule has 0 saturated heterocycles. The average Bonchev–Trinajstić information content (AvgIpc) is 2.68. The summed E-state index contributed by atoms with van der Waals surface area (Å²) >= 11 is 18.0. The first-order valence-electron chi connectivity index (χ1n) is 5.93. The molecule has 0 radical (unpaired) electrons. The second-order valence-corrected chi connectivity index (χ2v) is 5.36. The van der Waals surface area contributed by atoms with Crippen molar-refractivity contribution in [1.82, 2.24) is 9.78 Å². The fourth-order valence-electron chi connectivity index (χ4n) is 1.78. The Hall–Kier alpha value is -1.23. The van der Waals surface area contributed by atoms with Gasteiger partial charge in [0.1, 0.15) is 5.69 Å². The number of aromatic nitrogens is 2. The van der Waals surface area contributed by atoms with E-state index < -0.39 is 0 Å². The third-order valence-corrected chi connectivity index (χ3v) is 3.75. The predicted octanol–water partition coefficient (Wildman–Crippen LogP) is 4.42. The van der Waals surface area contributed by atoms with Crippen LogP contribution in [-0.4, -0.2) is 15.7 Å². The number of anilines is 1. The molecule has 0 aliphatic rings. The van der Waals surface area contributed by atoms with E-state index in [4.69, 9.17) is 34.8 Å². The highest BCUT2D eigenvalue weighted by atomic mass is 35.5. The van der Waals surface area contributed by atoms with Crippen LogP contribution >= 0.6 is 34.8 Å². The van der Waals surface area contributed by atoms with Crippen LogP contribution in [0.3, 0.4) is 0 Å². The van der Waals surface area contributed by atoms with Crippen molar-refractivity contribution in [1.29, 1.82) is 0 Å². The summed E-state index contributed by atoms with van der Waals surface area (Å²) in [6.07, 6.45) is 0. The van der Waals surface area contributed by atoms with E-state index in [1.807, 2.05) is 6.92 Å². The molecule has 1 aromatic heterocycles. The molecule has 20 heavy (non-hydrogen) atoms. The summed E-state index contributed by atoms with van der Waals surface area (Å²) in [6, 6.07) is 4.84. The molecular weight excluding hydrogens is 321 g/mol. The van der Waals surface area contributed by atoms with Crippen LogP contribution in [0.2, 0.25) is 15.1 Å². The summed E-state index contributed by atoms with van der Waals surface area (Å²) in [5.41, 5.74) is 1.40. The van der Waals surface area contributed by atoms with Gasteiger partial charge < -0.3 is 5.32 Å². The molecule has 106 valence electrons. The molecule has 2 aromatic rings. The fraction of sp³-hybridized carbons (Fsp3) is 0.231. The van der Waals surface area contributed by atoms with Crippen LogP contribution in [0, 0.1) is 6.92 Å². The molecule has 0 aliphatic heterocycles. The van der Waals surface area contributed by atoms with Gasteiger partial charge in [-0.15, -0.1) is 0 Å². The summed E-state index contributed by atoms with van der Waals surface area (Å²) in [5, 5.41) is 8.11. The van der Waals surface area contributed by atoms with Gasteiger partial charge in [0.05, 0.1) is 21.4 Å². The molecule has 2 rings (SSSR count). The minimum Gasteiger partial charge on any atom is -0.319 e. The molecule has 1 aromatic carbocycles. The monoisotopic (exact) mass is 331 g/mol. The average molecular weight is 333 g/mol. The molecular formula is C13H12Cl3N3O. The standard InChI is InChI=1S/C13H12Cl3N3O/c1-3-19-12(11(16)7(2)18-19)13(20)17-10-5-4-8(14)6-9(10)15/h4-6H,3H2,1-2H3,(H,17,20). The van der Waals surface area contributed by atoms with Gasteiger partial charge in [0.2, 0.25) is 0 Å². The lowest BCUT2D eigenvalue weighted by atomic mass is 10.3. The van der Waals surface area contributed by atoms with Crippen molar-refractivity contribution in [2.24, 2.45) is 0 Å². The number of aryl methyl sites for hydroxylation is 2. The zero-order valence-electron chi connectivity index (χ0n) is 10.9. The van der Waals surface area contributed by atoms with Crippen LogP contribution in [0.15, 0.2) is 18.2 Å². The van der Waals surface area contributed by atoms with E-state index in [2.05, 4.69) is 10.4 Å². The number of hydrogen-bond donors (Lipinski definition) is 1. The van der Waals surface area contributed by atoms with E-state index >= 15 is 0 Å². The number of benzene rings is 1. The maximum Gasteiger partial charge on any atom is 0.275 e. The summed E-state index contributed by atoms with van der Waals surface area (Å²) in [7, 11) is 0. The van der Waals surface area contributed by atoms with Crippen LogP contribution in [0.4, 0.5) is 5.69 Å². The largest absolute Gasteiger partial charge is 0.319 e. The highest BCUT2D eigenvalue weighted by Crippen LogP contribution is 2.27. The van der Waals surface area contributed by atoms with Crippen LogP contribution in [0.1, 0.15) is 23.1 Å². The highest BCUT2D eigenvalue weighted by Gasteiger charge is 2.20. The van der Waals surface area contributed by atoms with Crippen molar-refractivity contribution < 1.29 is 4.79 Å². The number of carbonyl (C=O) groups excluding carboxylic acids is 1. The van der Waals surface area contributed by atoms with E-state index in [0.29, 0.717) is 38.7 Å². The number of rotatable bonds is 3. The van der Waals surface area contributed by atoms with Gasteiger partial charge in [0, 0.05) is 11.6 Å². The van der Waals surface area contributed by atoms with Crippen LogP contribution in [-0.2, 0) is 6.54 Å². The summed E-state index contributed by atoms with van der Waals surface area (Å²) in [4.78, 5) is 12.3. The van der Waals surface area contributed by atoms with Gasteiger partial charge in [0.25, 0.3) is 5.91 Å². The van der Waals surface area contributed by atoms with Crippen LogP contribution < -0.4 is 5.32 Å². The maximum atomic E-state index is 12.3. The lowest BCUT2D eigenvalue weighted by Crippen LogP contribution is -2.18. The topological polar surface area (TPSA) is 46.9 Å². The molecule has 0 aliphatic carbocycles. The Morgan fingerprint density at radius 1 is 1.35 bits per heavy atom. The first kappa shape index (κ1) is 15.2. The lowest BCUT2D eigenvalue weighted by molar-refractivity contribution is 0.101. The van der Waals surface area contributed by atoms with Gasteiger partial charge in [-0.05, 0) is 32.0 Å². The number of nitrogens with one attached hydrogen (secondary N) is 1. The third-order valence-electron chi connectivity index (χ3n) is 2.75. The third kappa shape index (κ3) is 2.92. The summed E-state index contributed by atoms with van der Waals surface area (Å²) in [6.45, 7) is 4.18. The molecule has 0 bridgehead atoms. The molecule has 1 amide bonds. The van der Waals surface area contributed by atoms with E-state index in [1.165, 1.54) is 0 Å². The zero-order valence-corrected chi connectivity index (χ0v) is 13.1. The Kier molecular flexibility index (Phi) is 4.58. The number of halogens is 3. The minimum atomic E-state index is -0.360. The van der Waals surface area contributed by atoms with E-state index in [9.17, 15) is 4.79 Å². The van der Waals surface area contributed by atoms with Crippen molar-refractivity contribution in [2.45, 2.75) is 20.4 Å². The van der Waals surface area contributed by atoms with Gasteiger partial charge >= 0.3 is 0 Å². The number of hydrogen-bond acceptors (Lipinski definition) is 2. The summed E-state index contributed by atoms with van der Waals surface area (Å²) < 4.78 is 1.55. The van der Waals surface area contributed by atoms with E-state index in [0.717, 1.165) is 0 Å². The van der Waals surface area contributed by atoms with Crippen molar-refractivity contribution in [3.8, 4) is 0 Å². The van der Waals surface area contributed by atoms with Crippen molar-refractivity contribution in [2.75, 3.05) is 5.32 Å². The van der Waals surface area contributed by atoms with Crippen LogP contribution in [0.25, 0.3) is 0 Å². The number of amides is 1. The van der Waals surface area contributed by atoms with Gasteiger partial charge in [0.15, 0.2) is 0 Å². The Bertz CT molecular complexity index is 667. The first-order valence-corrected chi connectivity index (χ1v) is 7.06. The van der Waals surface area contributed by atoms with Gasteiger partial charge in [-0.1, -0.05) is 34.8 Å². The molecule has 1 N–H and O–H groups in total. The van der Waals surface area contributed by atoms with Gasteiger partial charge in [-0.2, -0.15) is 5.10 Å². The Morgan fingerprint density at radius 3 is 2.65 bits per heavy atom. The highest BCUT2D eigenvalue weighted by molar-refractivity contribution is 6.37. The molecule has 0 fully saturated rings. The van der Waals surface area contributed by atoms with Gasteiger partial charge in [-0.3, -0.25) is 9.48 Å². The molecule has 0 saturated carbocycles. The Morgan fingerprint density at radius 2 is 2.05 bits per heavy atom. The first-order chi connectivity index (χ1) is 9.43. The molecule has 7 heteroatoms. The second-order valence-electron chi connectivity index (χ2n) is 4.14. The second kappa shape index (κ2) is 6.04. The summed E-state index contributed by atoms with van der Waals surface area (Å²) in [5.74, 6) is -0.360. The molecule has 1 heterocycles. The van der Waals surface area contributed by atoms with Crippen molar-refractivity contribution in [3.63, 3.8) is 0 Å². The normalized spacial score (nSPS) is 10.7. The quantitative estimate of drug-likeness (QED) is 0.904. The zero-order chi connectivity index (χ0) is 14.9.